The topological polar surface area (TPSA) is 58.2 Å². The lowest BCUT2D eigenvalue weighted by atomic mass is 10.1. The molecule has 4 nitrogen and oxygen atoms in total. The fraction of sp³-hybridized carbons (Fsp3) is 0.909. The van der Waals surface area contributed by atoms with E-state index in [0.29, 0.717) is 18.2 Å². The van der Waals surface area contributed by atoms with Gasteiger partial charge in [-0.2, -0.15) is 0 Å². The van der Waals surface area contributed by atoms with E-state index >= 15 is 0 Å². The van der Waals surface area contributed by atoms with Crippen LogP contribution in [0.25, 0.3) is 0 Å². The highest BCUT2D eigenvalue weighted by Crippen LogP contribution is 1.95. The first-order valence-electron chi connectivity index (χ1n) is 5.79. The van der Waals surface area contributed by atoms with Crippen LogP contribution in [0.3, 0.4) is 0 Å². The van der Waals surface area contributed by atoms with E-state index in [9.17, 15) is 9.00 Å². The summed E-state index contributed by atoms with van der Waals surface area (Å²) in [6.45, 7) is 6.12. The molecule has 0 saturated heterocycles. The Balaban J connectivity index is 3.27. The van der Waals surface area contributed by atoms with Crippen molar-refractivity contribution in [1.82, 2.24) is 10.6 Å². The van der Waals surface area contributed by atoms with Gasteiger partial charge < -0.3 is 10.6 Å². The highest BCUT2D eigenvalue weighted by molar-refractivity contribution is 7.84. The third-order valence-corrected chi connectivity index (χ3v) is 2.98. The van der Waals surface area contributed by atoms with Gasteiger partial charge in [-0.3, -0.25) is 9.00 Å². The second-order valence-corrected chi connectivity index (χ2v) is 5.89. The van der Waals surface area contributed by atoms with Gasteiger partial charge in [0.1, 0.15) is 0 Å². The average Bonchev–Trinajstić information content (AvgIpc) is 2.16. The maximum absolute atomic E-state index is 11.3. The summed E-state index contributed by atoms with van der Waals surface area (Å²) in [6, 6.07) is 0. The predicted octanol–water partition coefficient (Wildman–Crippen LogP) is 0.507. The van der Waals surface area contributed by atoms with Gasteiger partial charge in [0, 0.05) is 29.4 Å². The van der Waals surface area contributed by atoms with Crippen molar-refractivity contribution in [2.45, 2.75) is 26.7 Å². The molecular formula is C11H24N2O2S. The van der Waals surface area contributed by atoms with E-state index in [0.717, 1.165) is 25.9 Å². The van der Waals surface area contributed by atoms with Crippen molar-refractivity contribution in [2.24, 2.45) is 5.92 Å². The third-order valence-electron chi connectivity index (χ3n) is 2.11. The molecule has 0 spiro atoms. The molecule has 1 atom stereocenters. The maximum atomic E-state index is 11.3. The second kappa shape index (κ2) is 9.78. The number of carbonyl (C=O) groups is 1. The van der Waals surface area contributed by atoms with Gasteiger partial charge in [0.15, 0.2) is 0 Å². The van der Waals surface area contributed by atoms with Crippen LogP contribution in [0.15, 0.2) is 0 Å². The molecule has 0 aromatic carbocycles. The lowest BCUT2D eigenvalue weighted by molar-refractivity contribution is -0.120. The zero-order chi connectivity index (χ0) is 12.4. The Hall–Kier alpha value is -0.420. The minimum Gasteiger partial charge on any atom is -0.355 e. The van der Waals surface area contributed by atoms with Crippen LogP contribution in [0, 0.1) is 5.92 Å². The summed E-state index contributed by atoms with van der Waals surface area (Å²) in [4.78, 5) is 11.3. The number of carbonyl (C=O) groups excluding carboxylic acids is 1. The van der Waals surface area contributed by atoms with Crippen LogP contribution in [-0.4, -0.2) is 41.8 Å². The molecule has 16 heavy (non-hydrogen) atoms. The van der Waals surface area contributed by atoms with Gasteiger partial charge in [-0.1, -0.05) is 13.8 Å². The van der Waals surface area contributed by atoms with Crippen LogP contribution in [0.1, 0.15) is 26.7 Å². The molecule has 0 aromatic heterocycles. The molecule has 0 radical (unpaired) electrons. The number of hydrogen-bond donors (Lipinski definition) is 2. The molecule has 0 aromatic rings. The normalized spacial score (nSPS) is 12.8. The van der Waals surface area contributed by atoms with Gasteiger partial charge in [-0.15, -0.1) is 0 Å². The molecule has 0 aliphatic heterocycles. The van der Waals surface area contributed by atoms with Crippen molar-refractivity contribution >= 4 is 16.7 Å². The first-order valence-corrected chi connectivity index (χ1v) is 7.52. The fourth-order valence-electron chi connectivity index (χ4n) is 1.17. The standard InChI is InChI=1S/C11H24N2O2S/c1-10(2)5-7-13-11(14)9-12-6-4-8-16(3)15/h10,12H,4-9H2,1-3H3,(H,13,14). The summed E-state index contributed by atoms with van der Waals surface area (Å²) in [5, 5.41) is 5.88. The highest BCUT2D eigenvalue weighted by Gasteiger charge is 2.00. The Morgan fingerprint density at radius 2 is 2.00 bits per heavy atom. The van der Waals surface area contributed by atoms with Crippen LogP contribution >= 0.6 is 0 Å². The van der Waals surface area contributed by atoms with Crippen LogP contribution in [0.4, 0.5) is 0 Å². The number of hydrogen-bond acceptors (Lipinski definition) is 3. The van der Waals surface area contributed by atoms with Gasteiger partial charge in [-0.25, -0.2) is 0 Å². The average molecular weight is 248 g/mol. The van der Waals surface area contributed by atoms with Crippen molar-refractivity contribution < 1.29 is 9.00 Å². The van der Waals surface area contributed by atoms with E-state index < -0.39 is 10.8 Å². The zero-order valence-electron chi connectivity index (χ0n) is 10.5. The summed E-state index contributed by atoms with van der Waals surface area (Å²) in [5.41, 5.74) is 0. The molecule has 2 N–H and O–H groups in total. The fourth-order valence-corrected chi connectivity index (χ4v) is 1.72. The Morgan fingerprint density at radius 3 is 2.56 bits per heavy atom. The molecule has 5 heteroatoms. The van der Waals surface area contributed by atoms with Gasteiger partial charge in [0.25, 0.3) is 0 Å². The van der Waals surface area contributed by atoms with Gasteiger partial charge in [0.05, 0.1) is 6.54 Å². The summed E-state index contributed by atoms with van der Waals surface area (Å²) >= 11 is 0. The van der Waals surface area contributed by atoms with E-state index in [1.54, 1.807) is 6.26 Å². The van der Waals surface area contributed by atoms with Gasteiger partial charge in [0.2, 0.25) is 5.91 Å². The lowest BCUT2D eigenvalue weighted by Crippen LogP contribution is -2.35. The Kier molecular flexibility index (Phi) is 9.52. The molecule has 0 fully saturated rings. The van der Waals surface area contributed by atoms with Crippen molar-refractivity contribution in [2.75, 3.05) is 31.6 Å². The highest BCUT2D eigenvalue weighted by atomic mass is 32.2. The molecule has 0 saturated carbocycles. The largest absolute Gasteiger partial charge is 0.355 e. The minimum absolute atomic E-state index is 0.0401. The Morgan fingerprint density at radius 1 is 1.31 bits per heavy atom. The third kappa shape index (κ3) is 11.7. The van der Waals surface area contributed by atoms with Gasteiger partial charge in [-0.05, 0) is 25.3 Å². The van der Waals surface area contributed by atoms with Crippen molar-refractivity contribution in [3.63, 3.8) is 0 Å². The smallest absolute Gasteiger partial charge is 0.233 e. The van der Waals surface area contributed by atoms with E-state index in [4.69, 9.17) is 0 Å². The number of amides is 1. The monoisotopic (exact) mass is 248 g/mol. The molecule has 0 rings (SSSR count). The van der Waals surface area contributed by atoms with Crippen LogP contribution in [0.5, 0.6) is 0 Å². The van der Waals surface area contributed by atoms with Crippen molar-refractivity contribution in [3.8, 4) is 0 Å². The van der Waals surface area contributed by atoms with Crippen LogP contribution in [0.2, 0.25) is 0 Å². The summed E-state index contributed by atoms with van der Waals surface area (Å²) < 4.78 is 10.7. The predicted molar refractivity (Wildman–Crippen MR) is 68.9 cm³/mol. The SMILES string of the molecule is CC(C)CCNC(=O)CNCCCS(C)=O. The molecule has 0 aliphatic carbocycles. The molecule has 0 heterocycles. The number of nitrogens with one attached hydrogen (secondary N) is 2. The Bertz CT molecular complexity index is 220. The number of rotatable bonds is 9. The molecule has 0 bridgehead atoms. The summed E-state index contributed by atoms with van der Waals surface area (Å²) in [7, 11) is -0.730. The molecule has 0 aliphatic rings. The van der Waals surface area contributed by atoms with Crippen LogP contribution in [-0.2, 0) is 15.6 Å². The summed E-state index contributed by atoms with van der Waals surface area (Å²) in [6.07, 6.45) is 3.56. The molecule has 1 amide bonds. The first kappa shape index (κ1) is 15.6. The minimum atomic E-state index is -0.730. The van der Waals surface area contributed by atoms with E-state index in [1.807, 2.05) is 0 Å². The first-order chi connectivity index (χ1) is 7.52. The van der Waals surface area contributed by atoms with Crippen molar-refractivity contribution in [1.29, 1.82) is 0 Å². The van der Waals surface area contributed by atoms with E-state index in [1.165, 1.54) is 0 Å². The zero-order valence-corrected chi connectivity index (χ0v) is 11.4. The summed E-state index contributed by atoms with van der Waals surface area (Å²) in [5.74, 6) is 1.35. The molecule has 96 valence electrons. The van der Waals surface area contributed by atoms with Crippen molar-refractivity contribution in [3.05, 3.63) is 0 Å². The van der Waals surface area contributed by atoms with Crippen LogP contribution < -0.4 is 10.6 Å². The second-order valence-electron chi connectivity index (χ2n) is 4.34. The molecular weight excluding hydrogens is 224 g/mol. The van der Waals surface area contributed by atoms with E-state index in [-0.39, 0.29) is 5.91 Å². The maximum Gasteiger partial charge on any atom is 0.233 e. The quantitative estimate of drug-likeness (QED) is 0.584. The molecule has 1 unspecified atom stereocenters. The van der Waals surface area contributed by atoms with E-state index in [2.05, 4.69) is 24.5 Å². The Labute approximate surface area is 101 Å². The van der Waals surface area contributed by atoms with Gasteiger partial charge >= 0.3 is 0 Å². The lowest BCUT2D eigenvalue weighted by Gasteiger charge is -2.07.